The van der Waals surface area contributed by atoms with Crippen molar-refractivity contribution in [1.82, 2.24) is 0 Å². The van der Waals surface area contributed by atoms with E-state index in [0.717, 1.165) is 17.6 Å². The smallest absolute Gasteiger partial charge is 0.149 e. The Bertz CT molecular complexity index is 443. The zero-order chi connectivity index (χ0) is 14.2. The molecule has 1 aliphatic carbocycles. The molecule has 1 nitrogen and oxygen atoms in total. The lowest BCUT2D eigenvalue weighted by Crippen LogP contribution is -2.15. The molecular weight excluding hydrogens is 244 g/mol. The molecule has 1 aromatic rings. The van der Waals surface area contributed by atoms with Crippen molar-refractivity contribution in [3.05, 3.63) is 29.8 Å². The summed E-state index contributed by atoms with van der Waals surface area (Å²) in [6, 6.07) is 8.69. The molecule has 0 N–H and O–H groups in total. The van der Waals surface area contributed by atoms with Crippen molar-refractivity contribution in [1.29, 1.82) is 0 Å². The second-order valence-electron chi connectivity index (χ2n) is 5.70. The van der Waals surface area contributed by atoms with Crippen molar-refractivity contribution in [2.24, 2.45) is 5.92 Å². The van der Waals surface area contributed by atoms with Gasteiger partial charge in [-0.25, -0.2) is 0 Å². The van der Waals surface area contributed by atoms with Crippen LogP contribution in [0.4, 0.5) is 0 Å². The van der Waals surface area contributed by atoms with Gasteiger partial charge >= 0.3 is 0 Å². The Kier molecular flexibility index (Phi) is 5.99. The highest BCUT2D eigenvalue weighted by atomic mass is 16.5. The molecule has 1 unspecified atom stereocenters. The van der Waals surface area contributed by atoms with Crippen LogP contribution in [-0.4, -0.2) is 6.61 Å². The monoisotopic (exact) mass is 270 g/mol. The lowest BCUT2D eigenvalue weighted by Gasteiger charge is -2.30. The fourth-order valence-corrected chi connectivity index (χ4v) is 3.38. The molecule has 1 saturated carbocycles. The zero-order valence-corrected chi connectivity index (χ0v) is 12.8. The molecule has 0 saturated heterocycles. The van der Waals surface area contributed by atoms with Gasteiger partial charge in [0, 0.05) is 0 Å². The fraction of sp³-hybridized carbons (Fsp3) is 0.579. The molecule has 108 valence electrons. The van der Waals surface area contributed by atoms with Crippen LogP contribution in [0.2, 0.25) is 0 Å². The first-order chi connectivity index (χ1) is 9.85. The summed E-state index contributed by atoms with van der Waals surface area (Å²) >= 11 is 0. The minimum Gasteiger partial charge on any atom is -0.481 e. The van der Waals surface area contributed by atoms with Gasteiger partial charge in [0.25, 0.3) is 0 Å². The summed E-state index contributed by atoms with van der Waals surface area (Å²) in [6.45, 7) is 4.64. The van der Waals surface area contributed by atoms with Gasteiger partial charge in [-0.2, -0.15) is 0 Å². The summed E-state index contributed by atoms with van der Waals surface area (Å²) in [7, 11) is 0. The first-order valence-electron chi connectivity index (χ1n) is 7.97. The minimum absolute atomic E-state index is 0.482. The standard InChI is InChI=1S/C19H26O/c1-3-5-15-20-18-13-11-17(12-14-18)19(4-2)16-9-7-6-8-10-16/h11-14,16,19H,4,6-10,15H2,1-2H3. The summed E-state index contributed by atoms with van der Waals surface area (Å²) in [5.41, 5.74) is 1.48. The van der Waals surface area contributed by atoms with Crippen LogP contribution in [0.25, 0.3) is 0 Å². The zero-order valence-electron chi connectivity index (χ0n) is 12.8. The molecule has 0 aliphatic heterocycles. The first kappa shape index (κ1) is 15.0. The van der Waals surface area contributed by atoms with Crippen molar-refractivity contribution >= 4 is 0 Å². The molecule has 0 aromatic heterocycles. The van der Waals surface area contributed by atoms with Gasteiger partial charge in [-0.3, -0.25) is 0 Å². The maximum Gasteiger partial charge on any atom is 0.149 e. The Balaban J connectivity index is 2.00. The molecule has 1 heteroatoms. The lowest BCUT2D eigenvalue weighted by molar-refractivity contribution is 0.299. The third-order valence-corrected chi connectivity index (χ3v) is 4.45. The first-order valence-corrected chi connectivity index (χ1v) is 7.97. The lowest BCUT2D eigenvalue weighted by atomic mass is 9.76. The van der Waals surface area contributed by atoms with Crippen molar-refractivity contribution < 1.29 is 4.74 Å². The van der Waals surface area contributed by atoms with Crippen molar-refractivity contribution in [3.63, 3.8) is 0 Å². The second kappa shape index (κ2) is 8.00. The highest BCUT2D eigenvalue weighted by molar-refractivity contribution is 5.30. The van der Waals surface area contributed by atoms with Crippen molar-refractivity contribution in [2.45, 2.75) is 58.3 Å². The molecule has 2 rings (SSSR count). The highest BCUT2D eigenvalue weighted by Crippen LogP contribution is 2.38. The van der Waals surface area contributed by atoms with Crippen molar-refractivity contribution in [2.75, 3.05) is 6.61 Å². The van der Waals surface area contributed by atoms with E-state index in [-0.39, 0.29) is 0 Å². The molecule has 0 radical (unpaired) electrons. The topological polar surface area (TPSA) is 9.23 Å². The Morgan fingerprint density at radius 3 is 2.45 bits per heavy atom. The Labute approximate surface area is 123 Å². The third kappa shape index (κ3) is 4.04. The summed E-state index contributed by atoms with van der Waals surface area (Å²) in [6.07, 6.45) is 8.31. The van der Waals surface area contributed by atoms with E-state index in [4.69, 9.17) is 4.74 Å². The van der Waals surface area contributed by atoms with Gasteiger partial charge in [0.2, 0.25) is 0 Å². The van der Waals surface area contributed by atoms with Crippen LogP contribution in [0.3, 0.4) is 0 Å². The van der Waals surface area contributed by atoms with Gasteiger partial charge in [-0.15, -0.1) is 5.92 Å². The number of hydrogen-bond donors (Lipinski definition) is 0. The number of rotatable bonds is 5. The van der Waals surface area contributed by atoms with E-state index in [1.54, 1.807) is 0 Å². The van der Waals surface area contributed by atoms with Crippen LogP contribution in [0.15, 0.2) is 24.3 Å². The van der Waals surface area contributed by atoms with Gasteiger partial charge in [-0.05, 0) is 55.7 Å². The summed E-state index contributed by atoms with van der Waals surface area (Å²) in [5.74, 6) is 8.30. The molecule has 1 aliphatic rings. The van der Waals surface area contributed by atoms with E-state index in [9.17, 15) is 0 Å². The van der Waals surface area contributed by atoms with Crippen LogP contribution in [0.1, 0.15) is 63.9 Å². The molecular formula is C19H26O. The van der Waals surface area contributed by atoms with Crippen LogP contribution < -0.4 is 4.74 Å². The average Bonchev–Trinajstić information content (AvgIpc) is 2.51. The number of benzene rings is 1. The summed E-state index contributed by atoms with van der Waals surface area (Å²) in [4.78, 5) is 0. The molecule has 0 heterocycles. The minimum atomic E-state index is 0.482. The molecule has 0 bridgehead atoms. The van der Waals surface area contributed by atoms with Gasteiger partial charge < -0.3 is 4.74 Å². The maximum atomic E-state index is 5.59. The number of hydrogen-bond acceptors (Lipinski definition) is 1. The summed E-state index contributed by atoms with van der Waals surface area (Å²) < 4.78 is 5.59. The summed E-state index contributed by atoms with van der Waals surface area (Å²) in [5, 5.41) is 0. The number of ether oxygens (including phenoxy) is 1. The second-order valence-corrected chi connectivity index (χ2v) is 5.70. The van der Waals surface area contributed by atoms with E-state index < -0.39 is 0 Å². The Morgan fingerprint density at radius 1 is 1.15 bits per heavy atom. The normalized spacial score (nSPS) is 17.1. The molecule has 0 amide bonds. The van der Waals surface area contributed by atoms with E-state index in [1.165, 1.54) is 44.1 Å². The molecule has 1 aromatic carbocycles. The van der Waals surface area contributed by atoms with Gasteiger partial charge in [-0.1, -0.05) is 44.2 Å². The van der Waals surface area contributed by atoms with Crippen LogP contribution >= 0.6 is 0 Å². The van der Waals surface area contributed by atoms with Crippen LogP contribution in [0.5, 0.6) is 5.75 Å². The Morgan fingerprint density at radius 2 is 1.85 bits per heavy atom. The third-order valence-electron chi connectivity index (χ3n) is 4.45. The average molecular weight is 270 g/mol. The van der Waals surface area contributed by atoms with E-state index in [2.05, 4.69) is 43.0 Å². The SMILES string of the molecule is CC#CCOc1ccc(C(CC)C2CCCCC2)cc1. The highest BCUT2D eigenvalue weighted by Gasteiger charge is 2.23. The predicted octanol–water partition coefficient (Wildman–Crippen LogP) is 5.16. The van der Waals surface area contributed by atoms with E-state index >= 15 is 0 Å². The van der Waals surface area contributed by atoms with E-state index in [0.29, 0.717) is 6.61 Å². The van der Waals surface area contributed by atoms with Gasteiger partial charge in [0.1, 0.15) is 12.4 Å². The molecule has 20 heavy (non-hydrogen) atoms. The fourth-order valence-electron chi connectivity index (χ4n) is 3.38. The van der Waals surface area contributed by atoms with E-state index in [1.807, 2.05) is 6.92 Å². The molecule has 1 atom stereocenters. The predicted molar refractivity (Wildman–Crippen MR) is 85.0 cm³/mol. The quantitative estimate of drug-likeness (QED) is 0.671. The van der Waals surface area contributed by atoms with Gasteiger partial charge in [0.05, 0.1) is 0 Å². The molecule has 0 spiro atoms. The van der Waals surface area contributed by atoms with Gasteiger partial charge in [0.15, 0.2) is 0 Å². The van der Waals surface area contributed by atoms with Crippen molar-refractivity contribution in [3.8, 4) is 17.6 Å². The van der Waals surface area contributed by atoms with Crippen LogP contribution in [0, 0.1) is 17.8 Å². The molecule has 1 fully saturated rings. The van der Waals surface area contributed by atoms with Crippen LogP contribution in [-0.2, 0) is 0 Å². The Hall–Kier alpha value is -1.42. The largest absolute Gasteiger partial charge is 0.481 e. The maximum absolute atomic E-state index is 5.59.